The van der Waals surface area contributed by atoms with Gasteiger partial charge in [0.15, 0.2) is 0 Å². The summed E-state index contributed by atoms with van der Waals surface area (Å²) in [5.41, 5.74) is 9.70. The van der Waals surface area contributed by atoms with Gasteiger partial charge in [-0.2, -0.15) is 5.53 Å². The molecule has 0 aromatic heterocycles. The number of carbonyl (C=O) groups is 1. The summed E-state index contributed by atoms with van der Waals surface area (Å²) < 4.78 is 19.4. The first-order valence-electron chi connectivity index (χ1n) is 8.94. The second-order valence-electron chi connectivity index (χ2n) is 6.20. The van der Waals surface area contributed by atoms with E-state index in [1.807, 2.05) is 24.3 Å². The van der Waals surface area contributed by atoms with Gasteiger partial charge in [-0.1, -0.05) is 31.2 Å². The van der Waals surface area contributed by atoms with Crippen LogP contribution >= 0.6 is 0 Å². The van der Waals surface area contributed by atoms with Gasteiger partial charge in [-0.25, -0.2) is 15.2 Å². The summed E-state index contributed by atoms with van der Waals surface area (Å²) in [7, 11) is 0. The van der Waals surface area contributed by atoms with Gasteiger partial charge in [0.2, 0.25) is 5.91 Å². The molecule has 2 unspecified atom stereocenters. The fraction of sp³-hybridized carbons (Fsp3) is 0.316. The van der Waals surface area contributed by atoms with Gasteiger partial charge in [-0.05, 0) is 36.2 Å². The molecule has 1 aliphatic heterocycles. The van der Waals surface area contributed by atoms with Crippen molar-refractivity contribution < 1.29 is 13.9 Å². The van der Waals surface area contributed by atoms with E-state index in [4.69, 9.17) is 4.74 Å². The van der Waals surface area contributed by atoms with E-state index in [0.29, 0.717) is 18.8 Å². The van der Waals surface area contributed by atoms with Gasteiger partial charge in [0, 0.05) is 6.54 Å². The number of halogens is 1. The standard InChI is InChI=1S/C19H24FN5O2/c1-2-11-27-14-9-7-13(8-10-14)12-21-19(26)17-18(24-25-23-17)22-16-6-4-3-5-15(16)20/h3-10,17-18,22-25H,2,11-12H2,1H3,(H,21,26). The van der Waals surface area contributed by atoms with Crippen LogP contribution in [-0.4, -0.2) is 24.7 Å². The molecule has 0 bridgehead atoms. The predicted octanol–water partition coefficient (Wildman–Crippen LogP) is 1.65. The Kier molecular flexibility index (Phi) is 6.59. The van der Waals surface area contributed by atoms with Crippen molar-refractivity contribution in [2.75, 3.05) is 11.9 Å². The third kappa shape index (κ3) is 5.16. The first-order chi connectivity index (χ1) is 13.2. The van der Waals surface area contributed by atoms with E-state index in [2.05, 4.69) is 33.9 Å². The van der Waals surface area contributed by atoms with Gasteiger partial charge >= 0.3 is 0 Å². The molecule has 0 spiro atoms. The smallest absolute Gasteiger partial charge is 0.242 e. The quantitative estimate of drug-likeness (QED) is 0.484. The van der Waals surface area contributed by atoms with E-state index in [-0.39, 0.29) is 11.7 Å². The van der Waals surface area contributed by atoms with Crippen LogP contribution in [0.25, 0.3) is 0 Å². The van der Waals surface area contributed by atoms with Gasteiger partial charge in [0.25, 0.3) is 0 Å². The molecule has 2 aromatic rings. The average Bonchev–Trinajstić information content (AvgIpc) is 3.15. The first kappa shape index (κ1) is 19.1. The highest BCUT2D eigenvalue weighted by Crippen LogP contribution is 2.15. The number of carbonyl (C=O) groups excluding carboxylic acids is 1. The van der Waals surface area contributed by atoms with E-state index in [9.17, 15) is 9.18 Å². The summed E-state index contributed by atoms with van der Waals surface area (Å²) in [4.78, 5) is 12.5. The minimum absolute atomic E-state index is 0.215. The Balaban J connectivity index is 1.53. The highest BCUT2D eigenvalue weighted by molar-refractivity contribution is 5.83. The molecule has 7 nitrogen and oxygen atoms in total. The van der Waals surface area contributed by atoms with Crippen LogP contribution in [-0.2, 0) is 11.3 Å². The molecule has 0 aliphatic carbocycles. The van der Waals surface area contributed by atoms with Crippen LogP contribution in [0, 0.1) is 5.82 Å². The van der Waals surface area contributed by atoms with Gasteiger partial charge in [-0.15, -0.1) is 0 Å². The van der Waals surface area contributed by atoms with Crippen molar-refractivity contribution in [1.82, 2.24) is 21.7 Å². The number of hydrogen-bond acceptors (Lipinski definition) is 6. The van der Waals surface area contributed by atoms with Crippen LogP contribution in [0.5, 0.6) is 5.75 Å². The topological polar surface area (TPSA) is 86.5 Å². The molecule has 0 radical (unpaired) electrons. The molecule has 1 heterocycles. The van der Waals surface area contributed by atoms with Gasteiger partial charge in [-0.3, -0.25) is 4.79 Å². The van der Waals surface area contributed by atoms with E-state index in [0.717, 1.165) is 17.7 Å². The highest BCUT2D eigenvalue weighted by atomic mass is 19.1. The van der Waals surface area contributed by atoms with Crippen LogP contribution in [0.1, 0.15) is 18.9 Å². The number of amides is 1. The largest absolute Gasteiger partial charge is 0.494 e. The predicted molar refractivity (Wildman–Crippen MR) is 101 cm³/mol. The van der Waals surface area contributed by atoms with E-state index in [1.165, 1.54) is 6.07 Å². The van der Waals surface area contributed by atoms with E-state index < -0.39 is 12.2 Å². The minimum atomic E-state index is -0.614. The molecule has 1 saturated heterocycles. The van der Waals surface area contributed by atoms with Crippen molar-refractivity contribution in [3.8, 4) is 5.75 Å². The van der Waals surface area contributed by atoms with E-state index in [1.54, 1.807) is 18.2 Å². The van der Waals surface area contributed by atoms with Gasteiger partial charge < -0.3 is 15.4 Å². The number of ether oxygens (including phenoxy) is 1. The molecule has 2 aromatic carbocycles. The summed E-state index contributed by atoms with van der Waals surface area (Å²) in [6.45, 7) is 3.12. The van der Waals surface area contributed by atoms with Crippen LogP contribution in [0.15, 0.2) is 48.5 Å². The maximum absolute atomic E-state index is 13.8. The Bertz CT molecular complexity index is 756. The fourth-order valence-electron chi connectivity index (χ4n) is 2.67. The summed E-state index contributed by atoms with van der Waals surface area (Å²) in [5.74, 6) is 0.218. The second-order valence-corrected chi connectivity index (χ2v) is 6.20. The van der Waals surface area contributed by atoms with E-state index >= 15 is 0 Å². The summed E-state index contributed by atoms with van der Waals surface area (Å²) in [6, 6.07) is 13.3. The lowest BCUT2D eigenvalue weighted by molar-refractivity contribution is -0.123. The van der Waals surface area contributed by atoms with Crippen LogP contribution in [0.4, 0.5) is 10.1 Å². The molecule has 3 rings (SSSR count). The third-order valence-corrected chi connectivity index (χ3v) is 4.12. The molecule has 8 heteroatoms. The molecule has 1 fully saturated rings. The van der Waals surface area contributed by atoms with Gasteiger partial charge in [0.05, 0.1) is 12.3 Å². The summed E-state index contributed by atoms with van der Waals surface area (Å²) in [5, 5.41) is 5.85. The molecular formula is C19H24FN5O2. The highest BCUT2D eigenvalue weighted by Gasteiger charge is 2.32. The SMILES string of the molecule is CCCOc1ccc(CNC(=O)C2NNNC2Nc2ccccc2F)cc1. The summed E-state index contributed by atoms with van der Waals surface area (Å²) in [6.07, 6.45) is 0.447. The van der Waals surface area contributed by atoms with Crippen molar-refractivity contribution in [1.29, 1.82) is 0 Å². The van der Waals surface area contributed by atoms with Crippen LogP contribution in [0.3, 0.4) is 0 Å². The lowest BCUT2D eigenvalue weighted by Crippen LogP contribution is -2.50. The third-order valence-electron chi connectivity index (χ3n) is 4.12. The molecule has 2 atom stereocenters. The Labute approximate surface area is 157 Å². The summed E-state index contributed by atoms with van der Waals surface area (Å²) >= 11 is 0. The van der Waals surface area contributed by atoms with Crippen molar-refractivity contribution >= 4 is 11.6 Å². The molecule has 0 saturated carbocycles. The fourth-order valence-corrected chi connectivity index (χ4v) is 2.67. The van der Waals surface area contributed by atoms with Crippen molar-refractivity contribution in [3.05, 3.63) is 59.9 Å². The minimum Gasteiger partial charge on any atom is -0.494 e. The zero-order valence-corrected chi connectivity index (χ0v) is 15.1. The van der Waals surface area contributed by atoms with Crippen LogP contribution < -0.4 is 31.8 Å². The number of anilines is 1. The first-order valence-corrected chi connectivity index (χ1v) is 8.94. The Morgan fingerprint density at radius 3 is 2.67 bits per heavy atom. The second kappa shape index (κ2) is 9.31. The Morgan fingerprint density at radius 1 is 1.15 bits per heavy atom. The normalized spacial score (nSPS) is 18.9. The Morgan fingerprint density at radius 2 is 1.93 bits per heavy atom. The number of hydrazine groups is 2. The van der Waals surface area contributed by atoms with Crippen LogP contribution in [0.2, 0.25) is 0 Å². The Hall–Kier alpha value is -2.68. The molecule has 144 valence electrons. The zero-order valence-electron chi connectivity index (χ0n) is 15.1. The monoisotopic (exact) mass is 373 g/mol. The zero-order chi connectivity index (χ0) is 19.1. The molecular weight excluding hydrogens is 349 g/mol. The number of rotatable bonds is 8. The number of nitrogens with one attached hydrogen (secondary N) is 5. The molecule has 5 N–H and O–H groups in total. The molecule has 27 heavy (non-hydrogen) atoms. The number of hydrogen-bond donors (Lipinski definition) is 5. The lowest BCUT2D eigenvalue weighted by atomic mass is 10.2. The maximum atomic E-state index is 13.8. The number of para-hydroxylation sites is 1. The average molecular weight is 373 g/mol. The van der Waals surface area contributed by atoms with Crippen molar-refractivity contribution in [3.63, 3.8) is 0 Å². The molecule has 1 aliphatic rings. The van der Waals surface area contributed by atoms with Crippen molar-refractivity contribution in [2.45, 2.75) is 32.1 Å². The number of benzene rings is 2. The van der Waals surface area contributed by atoms with Crippen molar-refractivity contribution in [2.24, 2.45) is 0 Å². The maximum Gasteiger partial charge on any atom is 0.242 e. The lowest BCUT2D eigenvalue weighted by Gasteiger charge is -2.20. The molecule has 1 amide bonds. The van der Waals surface area contributed by atoms with Gasteiger partial charge in [0.1, 0.15) is 23.8 Å².